The van der Waals surface area contributed by atoms with Gasteiger partial charge in [-0.15, -0.1) is 0 Å². The van der Waals surface area contributed by atoms with Crippen LogP contribution < -0.4 is 16.4 Å². The van der Waals surface area contributed by atoms with Gasteiger partial charge in [-0.3, -0.25) is 9.59 Å². The van der Waals surface area contributed by atoms with Crippen molar-refractivity contribution in [3.05, 3.63) is 52.5 Å². The van der Waals surface area contributed by atoms with Crippen LogP contribution in [0.3, 0.4) is 0 Å². The van der Waals surface area contributed by atoms with Gasteiger partial charge in [-0.1, -0.05) is 16.5 Å². The maximum absolute atomic E-state index is 13.3. The van der Waals surface area contributed by atoms with Crippen LogP contribution in [0.15, 0.2) is 34.9 Å². The van der Waals surface area contributed by atoms with Crippen LogP contribution in [0.5, 0.6) is 0 Å². The Hall–Kier alpha value is -3.80. The summed E-state index contributed by atoms with van der Waals surface area (Å²) in [4.78, 5) is 42.0. The van der Waals surface area contributed by atoms with Gasteiger partial charge in [0.1, 0.15) is 22.6 Å². The molecule has 0 saturated heterocycles. The number of carbonyl (C=O) groups is 3. The number of esters is 1. The molecule has 12 heteroatoms. The van der Waals surface area contributed by atoms with Crippen LogP contribution in [-0.2, 0) is 9.53 Å². The summed E-state index contributed by atoms with van der Waals surface area (Å²) >= 11 is 0.878. The summed E-state index contributed by atoms with van der Waals surface area (Å²) in [5.74, 6) is -2.88. The fourth-order valence-electron chi connectivity index (χ4n) is 2.61. The number of nitrogens with two attached hydrogens (primary N) is 2. The van der Waals surface area contributed by atoms with E-state index < -0.39 is 29.5 Å². The Morgan fingerprint density at radius 2 is 1.97 bits per heavy atom. The number of halogens is 1. The number of rotatable bonds is 8. The summed E-state index contributed by atoms with van der Waals surface area (Å²) in [6.07, 6.45) is 0. The minimum absolute atomic E-state index is 0.00495. The van der Waals surface area contributed by atoms with Crippen LogP contribution in [0.2, 0.25) is 0 Å². The molecule has 2 aromatic heterocycles. The molecule has 3 aromatic rings. The third-order valence-corrected chi connectivity index (χ3v) is 5.25. The van der Waals surface area contributed by atoms with Crippen LogP contribution in [0.4, 0.5) is 21.0 Å². The number of hydrogen-bond donors (Lipinski definition) is 2. The van der Waals surface area contributed by atoms with Crippen LogP contribution in [0.25, 0.3) is 0 Å². The lowest BCUT2D eigenvalue weighted by Crippen LogP contribution is -2.39. The first kappa shape index (κ1) is 21.9. The zero-order valence-electron chi connectivity index (χ0n) is 16.5. The number of aromatic nitrogens is 2. The van der Waals surface area contributed by atoms with Gasteiger partial charge in [-0.25, -0.2) is 14.2 Å². The smallest absolute Gasteiger partial charge is 0.360 e. The minimum Gasteiger partial charge on any atom is -0.461 e. The monoisotopic (exact) mass is 447 g/mol. The number of carbonyl (C=O) groups excluding carboxylic acids is 3. The van der Waals surface area contributed by atoms with E-state index in [1.807, 2.05) is 0 Å². The van der Waals surface area contributed by atoms with Crippen molar-refractivity contribution in [1.29, 1.82) is 0 Å². The lowest BCUT2D eigenvalue weighted by Gasteiger charge is -2.26. The Morgan fingerprint density at radius 1 is 1.29 bits per heavy atom. The molecule has 162 valence electrons. The summed E-state index contributed by atoms with van der Waals surface area (Å²) in [6.45, 7) is 3.30. The predicted octanol–water partition coefficient (Wildman–Crippen LogP) is 2.27. The van der Waals surface area contributed by atoms with Gasteiger partial charge in [0.2, 0.25) is 17.5 Å². The summed E-state index contributed by atoms with van der Waals surface area (Å²) < 4.78 is 23.1. The van der Waals surface area contributed by atoms with Gasteiger partial charge in [0.25, 0.3) is 0 Å². The normalized spacial score (nSPS) is 11.7. The maximum atomic E-state index is 13.3. The molecule has 10 nitrogen and oxygen atoms in total. The van der Waals surface area contributed by atoms with E-state index in [0.717, 1.165) is 17.4 Å². The van der Waals surface area contributed by atoms with Gasteiger partial charge in [0.05, 0.1) is 6.61 Å². The Balaban J connectivity index is 1.97. The van der Waals surface area contributed by atoms with Crippen molar-refractivity contribution in [3.8, 4) is 0 Å². The number of primary amides is 1. The summed E-state index contributed by atoms with van der Waals surface area (Å²) in [5, 5.41) is 3.71. The van der Waals surface area contributed by atoms with Crippen molar-refractivity contribution in [1.82, 2.24) is 10.1 Å². The summed E-state index contributed by atoms with van der Waals surface area (Å²) in [5.41, 5.74) is 11.6. The van der Waals surface area contributed by atoms with Gasteiger partial charge < -0.3 is 25.6 Å². The molecule has 0 aliphatic rings. The molecular weight excluding hydrogens is 429 g/mol. The molecule has 0 unspecified atom stereocenters. The molecule has 1 amide bonds. The van der Waals surface area contributed by atoms with Crippen molar-refractivity contribution < 1.29 is 28.0 Å². The molecule has 0 fully saturated rings. The van der Waals surface area contributed by atoms with Gasteiger partial charge in [-0.05, 0) is 38.1 Å². The average Bonchev–Trinajstić information content (AvgIpc) is 3.36. The van der Waals surface area contributed by atoms with Gasteiger partial charge >= 0.3 is 5.97 Å². The van der Waals surface area contributed by atoms with Gasteiger partial charge in [0, 0.05) is 11.8 Å². The SMILES string of the molecule is CCOC(=O)c1cc(C(=O)c2sc(N(c3ccc(F)cc3)[C@H](C)C(N)=O)nc2N)on1. The number of nitrogen functional groups attached to an aromatic ring is 1. The van der Waals surface area contributed by atoms with E-state index in [1.165, 1.54) is 36.1 Å². The zero-order valence-corrected chi connectivity index (χ0v) is 17.3. The molecule has 0 aliphatic carbocycles. The largest absolute Gasteiger partial charge is 0.461 e. The highest BCUT2D eigenvalue weighted by molar-refractivity contribution is 7.18. The molecule has 31 heavy (non-hydrogen) atoms. The topological polar surface area (TPSA) is 155 Å². The molecule has 2 heterocycles. The van der Waals surface area contributed by atoms with Gasteiger partial charge in [-0.2, -0.15) is 0 Å². The molecule has 0 bridgehead atoms. The Morgan fingerprint density at radius 3 is 2.58 bits per heavy atom. The van der Waals surface area contributed by atoms with Crippen LogP contribution in [-0.4, -0.2) is 40.4 Å². The second-order valence-electron chi connectivity index (χ2n) is 6.26. The van der Waals surface area contributed by atoms with E-state index in [0.29, 0.717) is 5.69 Å². The summed E-state index contributed by atoms with van der Waals surface area (Å²) in [7, 11) is 0. The Labute approximate surface area is 179 Å². The number of amides is 1. The number of hydrogen-bond acceptors (Lipinski definition) is 10. The average molecular weight is 447 g/mol. The van der Waals surface area contributed by atoms with Crippen molar-refractivity contribution in [2.75, 3.05) is 17.2 Å². The molecular formula is C19H18FN5O5S. The second kappa shape index (κ2) is 8.92. The molecule has 0 radical (unpaired) electrons. The number of benzene rings is 1. The van der Waals surface area contributed by atoms with Crippen molar-refractivity contribution in [2.24, 2.45) is 5.73 Å². The first-order valence-electron chi connectivity index (χ1n) is 9.01. The molecule has 1 atom stereocenters. The highest BCUT2D eigenvalue weighted by Crippen LogP contribution is 2.36. The van der Waals surface area contributed by atoms with Crippen molar-refractivity contribution >= 4 is 45.6 Å². The third-order valence-electron chi connectivity index (χ3n) is 4.18. The van der Waals surface area contributed by atoms with E-state index in [-0.39, 0.29) is 33.9 Å². The Kier molecular flexibility index (Phi) is 6.30. The maximum Gasteiger partial charge on any atom is 0.360 e. The Bertz CT molecular complexity index is 1130. The molecule has 0 aliphatic heterocycles. The third kappa shape index (κ3) is 4.53. The standard InChI is InChI=1S/C19H18FN5O5S/c1-3-29-18(28)12-8-13(30-24-12)14(26)15-16(21)23-19(31-15)25(9(2)17(22)27)11-6-4-10(20)5-7-11/h4-9H,3,21H2,1-2H3,(H2,22,27)/t9-/m1/s1. The van der Waals surface area contributed by atoms with E-state index in [9.17, 15) is 18.8 Å². The fraction of sp³-hybridized carbons (Fsp3) is 0.211. The highest BCUT2D eigenvalue weighted by Gasteiger charge is 2.29. The second-order valence-corrected chi connectivity index (χ2v) is 7.24. The predicted molar refractivity (Wildman–Crippen MR) is 110 cm³/mol. The number of ketones is 1. The molecule has 0 saturated carbocycles. The van der Waals surface area contributed by atoms with Gasteiger partial charge in [0.15, 0.2) is 10.8 Å². The molecule has 3 rings (SSSR count). The van der Waals surface area contributed by atoms with E-state index in [2.05, 4.69) is 10.1 Å². The molecule has 4 N–H and O–H groups in total. The first-order valence-corrected chi connectivity index (χ1v) is 9.83. The lowest BCUT2D eigenvalue weighted by molar-refractivity contribution is -0.118. The quantitative estimate of drug-likeness (QED) is 0.391. The number of thiazole rings is 1. The molecule has 1 aromatic carbocycles. The van der Waals surface area contributed by atoms with E-state index >= 15 is 0 Å². The minimum atomic E-state index is -0.875. The van der Waals surface area contributed by atoms with E-state index in [1.54, 1.807) is 6.92 Å². The number of anilines is 3. The number of ether oxygens (including phenoxy) is 1. The van der Waals surface area contributed by atoms with Crippen LogP contribution in [0, 0.1) is 5.82 Å². The summed E-state index contributed by atoms with van der Waals surface area (Å²) in [6, 6.07) is 5.57. The van der Waals surface area contributed by atoms with Crippen LogP contribution in [0.1, 0.15) is 39.8 Å². The van der Waals surface area contributed by atoms with E-state index in [4.69, 9.17) is 20.7 Å². The van der Waals surface area contributed by atoms with Crippen LogP contribution >= 0.6 is 11.3 Å². The van der Waals surface area contributed by atoms with Crippen molar-refractivity contribution in [3.63, 3.8) is 0 Å². The molecule has 0 spiro atoms. The first-order chi connectivity index (χ1) is 14.7. The fourth-order valence-corrected chi connectivity index (χ4v) is 3.64. The lowest BCUT2D eigenvalue weighted by atomic mass is 10.2. The number of nitrogens with zero attached hydrogens (tertiary/aromatic N) is 3. The zero-order chi connectivity index (χ0) is 22.7. The highest BCUT2D eigenvalue weighted by atomic mass is 32.1. The van der Waals surface area contributed by atoms with Crippen molar-refractivity contribution in [2.45, 2.75) is 19.9 Å².